The molecule has 116 valence electrons. The molecule has 0 radical (unpaired) electrons. The quantitative estimate of drug-likeness (QED) is 0.826. The van der Waals surface area contributed by atoms with Crippen LogP contribution in [0.4, 0.5) is 0 Å². The third-order valence-corrected chi connectivity index (χ3v) is 3.52. The van der Waals surface area contributed by atoms with Crippen LogP contribution >= 0.6 is 0 Å². The van der Waals surface area contributed by atoms with Crippen LogP contribution in [0.1, 0.15) is 41.7 Å². The second kappa shape index (κ2) is 7.45. The highest BCUT2D eigenvalue weighted by Crippen LogP contribution is 2.14. The number of hydrogen-bond donors (Lipinski definition) is 2. The molecule has 1 aromatic carbocycles. The molecule has 5 heteroatoms. The van der Waals surface area contributed by atoms with E-state index in [4.69, 9.17) is 5.11 Å². The molecular weight excluding hydrogens is 280 g/mol. The van der Waals surface area contributed by atoms with E-state index in [0.29, 0.717) is 6.54 Å². The highest BCUT2D eigenvalue weighted by atomic mass is 16.4. The molecule has 1 atom stereocenters. The van der Waals surface area contributed by atoms with E-state index < -0.39 is 5.97 Å². The van der Waals surface area contributed by atoms with Gasteiger partial charge in [0, 0.05) is 18.9 Å². The molecule has 1 amide bonds. The Morgan fingerprint density at radius 2 is 1.82 bits per heavy atom. The average Bonchev–Trinajstić information content (AvgIpc) is 3.04. The molecule has 5 nitrogen and oxygen atoms in total. The first kappa shape index (κ1) is 15.8. The van der Waals surface area contributed by atoms with E-state index in [1.54, 1.807) is 24.3 Å². The van der Waals surface area contributed by atoms with Crippen LogP contribution in [-0.4, -0.2) is 21.6 Å². The molecule has 1 aromatic heterocycles. The molecular formula is C17H20N2O3. The summed E-state index contributed by atoms with van der Waals surface area (Å²) < 4.78 is 1.91. The molecule has 0 saturated carbocycles. The molecule has 22 heavy (non-hydrogen) atoms. The lowest BCUT2D eigenvalue weighted by atomic mass is 10.1. The van der Waals surface area contributed by atoms with Gasteiger partial charge >= 0.3 is 5.97 Å². The van der Waals surface area contributed by atoms with Gasteiger partial charge in [-0.2, -0.15) is 0 Å². The minimum atomic E-state index is -0.953. The Morgan fingerprint density at radius 3 is 2.36 bits per heavy atom. The van der Waals surface area contributed by atoms with Crippen molar-refractivity contribution in [2.45, 2.75) is 32.4 Å². The van der Waals surface area contributed by atoms with Crippen LogP contribution in [0.15, 0.2) is 48.8 Å². The summed E-state index contributed by atoms with van der Waals surface area (Å²) in [5.74, 6) is -0.980. The Morgan fingerprint density at radius 1 is 1.18 bits per heavy atom. The number of aromatic nitrogens is 1. The maximum Gasteiger partial charge on any atom is 0.335 e. The van der Waals surface area contributed by atoms with Gasteiger partial charge in [-0.05, 0) is 36.2 Å². The van der Waals surface area contributed by atoms with Crippen LogP contribution in [0.25, 0.3) is 0 Å². The molecule has 0 fully saturated rings. The normalized spacial score (nSPS) is 11.9. The van der Waals surface area contributed by atoms with E-state index in [1.165, 1.54) is 0 Å². The third-order valence-electron chi connectivity index (χ3n) is 3.52. The van der Waals surface area contributed by atoms with E-state index in [0.717, 1.165) is 18.4 Å². The number of hydrogen-bond acceptors (Lipinski definition) is 2. The first-order valence-electron chi connectivity index (χ1n) is 7.34. The predicted molar refractivity (Wildman–Crippen MR) is 83.6 cm³/mol. The SMILES string of the molecule is CCC[C@H](C(=O)NCc1ccc(C(=O)O)cc1)n1cccc1. The summed E-state index contributed by atoms with van der Waals surface area (Å²) in [6.45, 7) is 2.44. The van der Waals surface area contributed by atoms with Crippen molar-refractivity contribution in [1.82, 2.24) is 9.88 Å². The van der Waals surface area contributed by atoms with E-state index in [-0.39, 0.29) is 17.5 Å². The third kappa shape index (κ3) is 3.97. The molecule has 0 aliphatic rings. The van der Waals surface area contributed by atoms with Crippen molar-refractivity contribution in [1.29, 1.82) is 0 Å². The molecule has 0 aliphatic carbocycles. The molecule has 0 spiro atoms. The van der Waals surface area contributed by atoms with Crippen LogP contribution in [0.3, 0.4) is 0 Å². The van der Waals surface area contributed by atoms with Gasteiger partial charge in [0.05, 0.1) is 5.56 Å². The van der Waals surface area contributed by atoms with Crippen LogP contribution in [-0.2, 0) is 11.3 Å². The molecule has 0 saturated heterocycles. The number of carbonyl (C=O) groups is 2. The van der Waals surface area contributed by atoms with E-state index in [2.05, 4.69) is 12.2 Å². The van der Waals surface area contributed by atoms with Gasteiger partial charge in [-0.3, -0.25) is 4.79 Å². The van der Waals surface area contributed by atoms with Crippen LogP contribution in [0.2, 0.25) is 0 Å². The maximum absolute atomic E-state index is 12.4. The number of carboxylic acids is 1. The highest BCUT2D eigenvalue weighted by molar-refractivity contribution is 5.87. The topological polar surface area (TPSA) is 71.3 Å². The van der Waals surface area contributed by atoms with Crippen molar-refractivity contribution >= 4 is 11.9 Å². The van der Waals surface area contributed by atoms with Gasteiger partial charge in [0.2, 0.25) is 5.91 Å². The van der Waals surface area contributed by atoms with Crippen molar-refractivity contribution in [3.63, 3.8) is 0 Å². The van der Waals surface area contributed by atoms with Crippen molar-refractivity contribution in [3.05, 3.63) is 59.9 Å². The molecule has 2 rings (SSSR count). The van der Waals surface area contributed by atoms with Crippen molar-refractivity contribution in [2.75, 3.05) is 0 Å². The summed E-state index contributed by atoms with van der Waals surface area (Å²) in [5, 5.41) is 11.8. The number of amides is 1. The first-order valence-corrected chi connectivity index (χ1v) is 7.34. The molecule has 0 aliphatic heterocycles. The minimum Gasteiger partial charge on any atom is -0.478 e. The lowest BCUT2D eigenvalue weighted by molar-refractivity contribution is -0.124. The summed E-state index contributed by atoms with van der Waals surface area (Å²) >= 11 is 0. The fraction of sp³-hybridized carbons (Fsp3) is 0.294. The predicted octanol–water partition coefficient (Wildman–Crippen LogP) is 2.84. The van der Waals surface area contributed by atoms with Crippen LogP contribution in [0.5, 0.6) is 0 Å². The van der Waals surface area contributed by atoms with Gasteiger partial charge in [0.25, 0.3) is 0 Å². The highest BCUT2D eigenvalue weighted by Gasteiger charge is 2.18. The van der Waals surface area contributed by atoms with Gasteiger partial charge < -0.3 is 15.0 Å². The lowest BCUT2D eigenvalue weighted by Gasteiger charge is -2.18. The summed E-state index contributed by atoms with van der Waals surface area (Å²) in [6.07, 6.45) is 5.48. The maximum atomic E-state index is 12.4. The van der Waals surface area contributed by atoms with Crippen molar-refractivity contribution in [2.24, 2.45) is 0 Å². The molecule has 2 N–H and O–H groups in total. The average molecular weight is 300 g/mol. The second-order valence-corrected chi connectivity index (χ2v) is 5.15. The molecule has 0 bridgehead atoms. The zero-order valence-electron chi connectivity index (χ0n) is 12.5. The summed E-state index contributed by atoms with van der Waals surface area (Å²) in [4.78, 5) is 23.2. The summed E-state index contributed by atoms with van der Waals surface area (Å²) in [6, 6.07) is 10.1. The largest absolute Gasteiger partial charge is 0.478 e. The smallest absolute Gasteiger partial charge is 0.335 e. The number of nitrogens with one attached hydrogen (secondary N) is 1. The van der Waals surface area contributed by atoms with E-state index in [9.17, 15) is 9.59 Å². The number of aromatic carboxylic acids is 1. The van der Waals surface area contributed by atoms with Gasteiger partial charge in [0.15, 0.2) is 0 Å². The van der Waals surface area contributed by atoms with E-state index in [1.807, 2.05) is 29.1 Å². The van der Waals surface area contributed by atoms with Crippen molar-refractivity contribution < 1.29 is 14.7 Å². The summed E-state index contributed by atoms with van der Waals surface area (Å²) in [5.41, 5.74) is 1.12. The number of carbonyl (C=O) groups excluding carboxylic acids is 1. The Hall–Kier alpha value is -2.56. The summed E-state index contributed by atoms with van der Waals surface area (Å²) in [7, 11) is 0. The second-order valence-electron chi connectivity index (χ2n) is 5.15. The Balaban J connectivity index is 1.97. The minimum absolute atomic E-state index is 0.0274. The first-order chi connectivity index (χ1) is 10.6. The Bertz CT molecular complexity index is 618. The van der Waals surface area contributed by atoms with Gasteiger partial charge in [-0.1, -0.05) is 25.5 Å². The number of carboxylic acid groups (broad SMARTS) is 1. The van der Waals surface area contributed by atoms with Crippen LogP contribution < -0.4 is 5.32 Å². The fourth-order valence-electron chi connectivity index (χ4n) is 2.32. The molecule has 2 aromatic rings. The van der Waals surface area contributed by atoms with E-state index >= 15 is 0 Å². The van der Waals surface area contributed by atoms with Crippen LogP contribution in [0, 0.1) is 0 Å². The Labute approximate surface area is 129 Å². The van der Waals surface area contributed by atoms with Crippen molar-refractivity contribution in [3.8, 4) is 0 Å². The number of benzene rings is 1. The lowest BCUT2D eigenvalue weighted by Crippen LogP contribution is -2.31. The van der Waals surface area contributed by atoms with Gasteiger partial charge in [-0.15, -0.1) is 0 Å². The monoisotopic (exact) mass is 300 g/mol. The molecule has 1 heterocycles. The fourth-order valence-corrected chi connectivity index (χ4v) is 2.32. The standard InChI is InChI=1S/C17H20N2O3/c1-2-5-15(19-10-3-4-11-19)16(20)18-12-13-6-8-14(9-7-13)17(21)22/h3-4,6-11,15H,2,5,12H2,1H3,(H,18,20)(H,21,22)/t15-/m1/s1. The number of nitrogens with zero attached hydrogens (tertiary/aromatic N) is 1. The molecule has 0 unspecified atom stereocenters. The Kier molecular flexibility index (Phi) is 5.36. The van der Waals surface area contributed by atoms with Gasteiger partial charge in [-0.25, -0.2) is 4.79 Å². The zero-order valence-corrected chi connectivity index (χ0v) is 12.5. The van der Waals surface area contributed by atoms with Gasteiger partial charge in [0.1, 0.15) is 6.04 Å². The number of rotatable bonds is 7. The zero-order chi connectivity index (χ0) is 15.9.